The van der Waals surface area contributed by atoms with Crippen molar-refractivity contribution in [1.82, 2.24) is 10.2 Å². The third-order valence-corrected chi connectivity index (χ3v) is 7.05. The SMILES string of the molecule is CCCCNC(=O)[C@@H](C)N(Cc1ccccc1C)C(=O)CN(c1ccc(CC)cc1)S(C)(=O)=O. The Kier molecular flexibility index (Phi) is 10.1. The van der Waals surface area contributed by atoms with Gasteiger partial charge < -0.3 is 10.2 Å². The molecule has 0 aliphatic heterocycles. The second kappa shape index (κ2) is 12.6. The number of hydrogen-bond donors (Lipinski definition) is 1. The molecule has 0 unspecified atom stereocenters. The lowest BCUT2D eigenvalue weighted by atomic mass is 10.1. The van der Waals surface area contributed by atoms with E-state index in [1.807, 2.05) is 57.2 Å². The van der Waals surface area contributed by atoms with Crippen LogP contribution >= 0.6 is 0 Å². The second-order valence-electron chi connectivity index (χ2n) is 8.56. The number of hydrogen-bond acceptors (Lipinski definition) is 4. The molecule has 0 heterocycles. The standard InChI is InChI=1S/C26H37N3O4S/c1-6-8-17-27-26(31)21(4)28(18-23-12-10-9-11-20(23)3)25(30)19-29(34(5,32)33)24-15-13-22(7-2)14-16-24/h9-16,21H,6-8,17-19H2,1-5H3,(H,27,31)/t21-/m1/s1. The van der Waals surface area contributed by atoms with Gasteiger partial charge in [-0.1, -0.05) is 56.7 Å². The van der Waals surface area contributed by atoms with Crippen LogP contribution in [0.25, 0.3) is 0 Å². The summed E-state index contributed by atoms with van der Waals surface area (Å²) in [6.45, 7) is 8.04. The van der Waals surface area contributed by atoms with Gasteiger partial charge in [0.25, 0.3) is 0 Å². The fourth-order valence-corrected chi connectivity index (χ4v) is 4.45. The molecule has 0 radical (unpaired) electrons. The highest BCUT2D eigenvalue weighted by molar-refractivity contribution is 7.92. The largest absolute Gasteiger partial charge is 0.354 e. The molecular weight excluding hydrogens is 450 g/mol. The minimum atomic E-state index is -3.73. The van der Waals surface area contributed by atoms with E-state index in [0.29, 0.717) is 12.2 Å². The Labute approximate surface area is 204 Å². The highest BCUT2D eigenvalue weighted by Crippen LogP contribution is 2.20. The smallest absolute Gasteiger partial charge is 0.244 e. The van der Waals surface area contributed by atoms with E-state index in [0.717, 1.165) is 46.5 Å². The van der Waals surface area contributed by atoms with E-state index in [1.165, 1.54) is 4.90 Å². The molecule has 0 saturated carbocycles. The molecule has 0 saturated heterocycles. The van der Waals surface area contributed by atoms with Gasteiger partial charge in [0.15, 0.2) is 0 Å². The van der Waals surface area contributed by atoms with Gasteiger partial charge in [0.1, 0.15) is 12.6 Å². The molecule has 0 bridgehead atoms. The van der Waals surface area contributed by atoms with Gasteiger partial charge in [-0.3, -0.25) is 13.9 Å². The maximum absolute atomic E-state index is 13.5. The van der Waals surface area contributed by atoms with Crippen LogP contribution in [0.3, 0.4) is 0 Å². The number of carbonyl (C=O) groups is 2. The summed E-state index contributed by atoms with van der Waals surface area (Å²) in [4.78, 5) is 27.8. The van der Waals surface area contributed by atoms with Crippen LogP contribution in [0, 0.1) is 6.92 Å². The Hall–Kier alpha value is -2.87. The number of amides is 2. The molecular formula is C26H37N3O4S. The molecule has 1 atom stereocenters. The molecule has 8 heteroatoms. The van der Waals surface area contributed by atoms with Crippen molar-refractivity contribution in [2.75, 3.05) is 23.7 Å². The van der Waals surface area contributed by atoms with E-state index in [9.17, 15) is 18.0 Å². The third-order valence-electron chi connectivity index (χ3n) is 5.91. The van der Waals surface area contributed by atoms with Crippen LogP contribution in [0.4, 0.5) is 5.69 Å². The van der Waals surface area contributed by atoms with Crippen molar-refractivity contribution in [2.45, 2.75) is 59.5 Å². The zero-order valence-corrected chi connectivity index (χ0v) is 21.7. The predicted octanol–water partition coefficient (Wildman–Crippen LogP) is 3.66. The van der Waals surface area contributed by atoms with Crippen LogP contribution in [-0.4, -0.2) is 50.5 Å². The highest BCUT2D eigenvalue weighted by Gasteiger charge is 2.30. The molecule has 2 aromatic carbocycles. The number of benzene rings is 2. The third kappa shape index (κ3) is 7.58. The minimum Gasteiger partial charge on any atom is -0.354 e. The summed E-state index contributed by atoms with van der Waals surface area (Å²) in [5, 5.41) is 2.88. The van der Waals surface area contributed by atoms with Crippen molar-refractivity contribution in [1.29, 1.82) is 0 Å². The molecule has 0 aliphatic carbocycles. The molecule has 7 nitrogen and oxygen atoms in total. The Bertz CT molecular complexity index is 1070. The molecule has 2 amide bonds. The second-order valence-corrected chi connectivity index (χ2v) is 10.5. The van der Waals surface area contributed by atoms with Crippen molar-refractivity contribution >= 4 is 27.5 Å². The lowest BCUT2D eigenvalue weighted by Crippen LogP contribution is -2.51. The fourth-order valence-electron chi connectivity index (χ4n) is 3.60. The first-order valence-corrected chi connectivity index (χ1v) is 13.6. The number of unbranched alkanes of at least 4 members (excludes halogenated alkanes) is 1. The highest BCUT2D eigenvalue weighted by atomic mass is 32.2. The van der Waals surface area contributed by atoms with E-state index in [2.05, 4.69) is 5.32 Å². The average molecular weight is 488 g/mol. The lowest BCUT2D eigenvalue weighted by molar-refractivity contribution is -0.139. The minimum absolute atomic E-state index is 0.209. The first-order valence-electron chi connectivity index (χ1n) is 11.8. The van der Waals surface area contributed by atoms with Crippen LogP contribution in [0.1, 0.15) is 50.3 Å². The lowest BCUT2D eigenvalue weighted by Gasteiger charge is -2.32. The van der Waals surface area contributed by atoms with Gasteiger partial charge in [-0.25, -0.2) is 8.42 Å². The number of carbonyl (C=O) groups excluding carboxylic acids is 2. The number of rotatable bonds is 12. The van der Waals surface area contributed by atoms with Gasteiger partial charge >= 0.3 is 0 Å². The summed E-state index contributed by atoms with van der Waals surface area (Å²) in [5.74, 6) is -0.694. The topological polar surface area (TPSA) is 86.8 Å². The number of nitrogens with one attached hydrogen (secondary N) is 1. The van der Waals surface area contributed by atoms with E-state index in [-0.39, 0.29) is 19.0 Å². The van der Waals surface area contributed by atoms with Crippen LogP contribution < -0.4 is 9.62 Å². The van der Waals surface area contributed by atoms with E-state index in [1.54, 1.807) is 19.1 Å². The summed E-state index contributed by atoms with van der Waals surface area (Å²) in [7, 11) is -3.73. The summed E-state index contributed by atoms with van der Waals surface area (Å²) in [6.07, 6.45) is 3.70. The normalized spacial score (nSPS) is 12.1. The molecule has 0 spiro atoms. The number of nitrogens with zero attached hydrogens (tertiary/aromatic N) is 2. The van der Waals surface area contributed by atoms with Crippen molar-refractivity contribution in [3.8, 4) is 0 Å². The molecule has 0 aliphatic rings. The average Bonchev–Trinajstić information content (AvgIpc) is 2.81. The fraction of sp³-hybridized carbons (Fsp3) is 0.462. The van der Waals surface area contributed by atoms with Gasteiger partial charge in [0, 0.05) is 13.1 Å². The molecule has 0 fully saturated rings. The van der Waals surface area contributed by atoms with Crippen molar-refractivity contribution in [2.24, 2.45) is 0 Å². The van der Waals surface area contributed by atoms with Crippen LogP contribution in [0.2, 0.25) is 0 Å². The van der Waals surface area contributed by atoms with Gasteiger partial charge in [0.05, 0.1) is 11.9 Å². The van der Waals surface area contributed by atoms with E-state index < -0.39 is 22.0 Å². The maximum Gasteiger partial charge on any atom is 0.244 e. The summed E-state index contributed by atoms with van der Waals surface area (Å²) < 4.78 is 26.3. The van der Waals surface area contributed by atoms with Crippen molar-refractivity contribution in [3.63, 3.8) is 0 Å². The first-order chi connectivity index (χ1) is 16.1. The summed E-state index contributed by atoms with van der Waals surface area (Å²) in [5.41, 5.74) is 3.39. The number of sulfonamides is 1. The molecule has 2 rings (SSSR count). The van der Waals surface area contributed by atoms with Gasteiger partial charge in [-0.05, 0) is 55.5 Å². The Morgan fingerprint density at radius 2 is 1.68 bits per heavy atom. The maximum atomic E-state index is 13.5. The van der Waals surface area contributed by atoms with Gasteiger partial charge in [0.2, 0.25) is 21.8 Å². The molecule has 0 aromatic heterocycles. The molecule has 1 N–H and O–H groups in total. The van der Waals surface area contributed by atoms with Gasteiger partial charge in [-0.2, -0.15) is 0 Å². The monoisotopic (exact) mass is 487 g/mol. The first kappa shape index (κ1) is 27.4. The summed E-state index contributed by atoms with van der Waals surface area (Å²) in [6, 6.07) is 14.0. The Morgan fingerprint density at radius 3 is 2.24 bits per heavy atom. The molecule has 2 aromatic rings. The number of aryl methyl sites for hydroxylation is 2. The quantitative estimate of drug-likeness (QED) is 0.463. The predicted molar refractivity (Wildman–Crippen MR) is 137 cm³/mol. The van der Waals surface area contributed by atoms with Crippen LogP contribution in [0.15, 0.2) is 48.5 Å². The molecule has 34 heavy (non-hydrogen) atoms. The van der Waals surface area contributed by atoms with Crippen molar-refractivity contribution in [3.05, 3.63) is 65.2 Å². The van der Waals surface area contributed by atoms with E-state index >= 15 is 0 Å². The zero-order chi connectivity index (χ0) is 25.3. The van der Waals surface area contributed by atoms with Crippen LogP contribution in [0.5, 0.6) is 0 Å². The zero-order valence-electron chi connectivity index (χ0n) is 20.9. The van der Waals surface area contributed by atoms with E-state index in [4.69, 9.17) is 0 Å². The van der Waals surface area contributed by atoms with Crippen LogP contribution in [-0.2, 0) is 32.6 Å². The molecule has 186 valence electrons. The van der Waals surface area contributed by atoms with Crippen molar-refractivity contribution < 1.29 is 18.0 Å². The number of anilines is 1. The van der Waals surface area contributed by atoms with Gasteiger partial charge in [-0.15, -0.1) is 0 Å². The summed E-state index contributed by atoms with van der Waals surface area (Å²) >= 11 is 0. The Morgan fingerprint density at radius 1 is 1.03 bits per heavy atom. The Balaban J connectivity index is 2.35.